The van der Waals surface area contributed by atoms with Crippen LogP contribution in [-0.2, 0) is 6.54 Å². The van der Waals surface area contributed by atoms with Crippen molar-refractivity contribution in [2.45, 2.75) is 98.3 Å². The standard InChI is InChI=1S/C39H50N6O3/c1-10-12-27(11-2)35-33-15-13-28(26(7)46)19-34(33)44-22-30(17-29-18-31(48-9)14-16-32(29)38(35)44)37-36(40-41-45(37)23(3)4)39(47)43-20-24(5)42(8)25(6)21-43/h13-19,23-25,27H,10-12,20-22H2,1-9H3. The number of benzene rings is 2. The van der Waals surface area contributed by atoms with E-state index < -0.39 is 0 Å². The van der Waals surface area contributed by atoms with Crippen molar-refractivity contribution in [3.63, 3.8) is 0 Å². The first-order chi connectivity index (χ1) is 23.0. The molecule has 4 aromatic rings. The van der Waals surface area contributed by atoms with E-state index in [1.54, 1.807) is 14.0 Å². The number of allylic oxidation sites excluding steroid dienone is 1. The topological polar surface area (TPSA) is 85.5 Å². The second-order valence-corrected chi connectivity index (χ2v) is 14.1. The number of hydrogen-bond donors (Lipinski definition) is 0. The maximum absolute atomic E-state index is 14.4. The Kier molecular flexibility index (Phi) is 9.35. The normalized spacial score (nSPS) is 18.8. The van der Waals surface area contributed by atoms with Gasteiger partial charge in [0.2, 0.25) is 0 Å². The quantitative estimate of drug-likeness (QED) is 0.173. The molecular weight excluding hydrogens is 600 g/mol. The van der Waals surface area contributed by atoms with Gasteiger partial charge in [-0.2, -0.15) is 0 Å². The summed E-state index contributed by atoms with van der Waals surface area (Å²) in [5.74, 6) is 1.05. The summed E-state index contributed by atoms with van der Waals surface area (Å²) in [5.41, 5.74) is 8.37. The zero-order chi connectivity index (χ0) is 34.4. The van der Waals surface area contributed by atoms with E-state index in [1.807, 2.05) is 27.8 Å². The van der Waals surface area contributed by atoms with Crippen molar-refractivity contribution in [3.05, 3.63) is 64.5 Å². The summed E-state index contributed by atoms with van der Waals surface area (Å²) in [6.07, 6.45) is 5.33. The van der Waals surface area contributed by atoms with E-state index in [9.17, 15) is 9.59 Å². The summed E-state index contributed by atoms with van der Waals surface area (Å²) in [6, 6.07) is 12.9. The number of carbonyl (C=O) groups excluding carboxylic acids is 2. The van der Waals surface area contributed by atoms with Crippen LogP contribution in [-0.4, -0.2) is 80.4 Å². The number of likely N-dealkylation sites (N-methyl/N-ethyl adjacent to an activating group) is 1. The average molecular weight is 651 g/mol. The number of aromatic nitrogens is 4. The molecule has 6 rings (SSSR count). The Bertz CT molecular complexity index is 1890. The highest BCUT2D eigenvalue weighted by molar-refractivity contribution is 6.04. The summed E-state index contributed by atoms with van der Waals surface area (Å²) in [7, 11) is 3.81. The van der Waals surface area contributed by atoms with Crippen LogP contribution in [0.4, 0.5) is 0 Å². The number of methoxy groups -OCH3 is 1. The lowest BCUT2D eigenvalue weighted by molar-refractivity contribution is 0.0409. The van der Waals surface area contributed by atoms with E-state index in [0.717, 1.165) is 58.6 Å². The molecule has 48 heavy (non-hydrogen) atoms. The molecule has 9 heteroatoms. The van der Waals surface area contributed by atoms with Gasteiger partial charge >= 0.3 is 0 Å². The molecule has 0 N–H and O–H groups in total. The van der Waals surface area contributed by atoms with E-state index in [2.05, 4.69) is 92.6 Å². The number of rotatable bonds is 9. The Morgan fingerprint density at radius 3 is 2.38 bits per heavy atom. The molecule has 9 nitrogen and oxygen atoms in total. The molecule has 254 valence electrons. The van der Waals surface area contributed by atoms with Gasteiger partial charge in [-0.25, -0.2) is 4.68 Å². The van der Waals surface area contributed by atoms with Crippen molar-refractivity contribution in [2.75, 3.05) is 27.2 Å². The molecule has 0 radical (unpaired) electrons. The lowest BCUT2D eigenvalue weighted by Gasteiger charge is -2.42. The third-order valence-corrected chi connectivity index (χ3v) is 10.6. The molecule has 4 heterocycles. The molecule has 2 aromatic carbocycles. The van der Waals surface area contributed by atoms with Gasteiger partial charge in [-0.3, -0.25) is 14.5 Å². The van der Waals surface area contributed by atoms with E-state index in [-0.39, 0.29) is 29.8 Å². The average Bonchev–Trinajstić information content (AvgIpc) is 3.60. The number of Topliss-reactive ketones (excluding diaryl/α,β-unsaturated/α-hetero) is 1. The molecule has 0 saturated carbocycles. The smallest absolute Gasteiger partial charge is 0.276 e. The molecule has 3 unspecified atom stereocenters. The largest absolute Gasteiger partial charge is 0.497 e. The summed E-state index contributed by atoms with van der Waals surface area (Å²) in [5, 5.41) is 10.4. The van der Waals surface area contributed by atoms with E-state index in [4.69, 9.17) is 4.74 Å². The SMILES string of the molecule is CCCC(CC)c1c2n(c3cc(C(C)=O)ccc13)CC(c1c(C(=O)N3CC(C)N(C)C(C)C3)nnn1C(C)C)=Cc1cc(OC)ccc1-2. The van der Waals surface area contributed by atoms with Gasteiger partial charge in [0, 0.05) is 58.8 Å². The highest BCUT2D eigenvalue weighted by atomic mass is 16.5. The first kappa shape index (κ1) is 33.7. The summed E-state index contributed by atoms with van der Waals surface area (Å²) in [4.78, 5) is 31.4. The highest BCUT2D eigenvalue weighted by Crippen LogP contribution is 2.46. The fraction of sp³-hybridized carbons (Fsp3) is 0.487. The molecule has 2 aliphatic heterocycles. The number of hydrogen-bond acceptors (Lipinski definition) is 6. The molecule has 1 saturated heterocycles. The maximum atomic E-state index is 14.4. The van der Waals surface area contributed by atoms with Crippen LogP contribution in [0, 0.1) is 0 Å². The summed E-state index contributed by atoms with van der Waals surface area (Å²) in [6.45, 7) is 16.4. The van der Waals surface area contributed by atoms with Crippen LogP contribution in [0.25, 0.3) is 33.8 Å². The Balaban J connectivity index is 1.63. The summed E-state index contributed by atoms with van der Waals surface area (Å²) < 4.78 is 10.00. The van der Waals surface area contributed by atoms with E-state index in [0.29, 0.717) is 36.8 Å². The number of fused-ring (bicyclic) bond motifs is 5. The maximum Gasteiger partial charge on any atom is 0.276 e. The first-order valence-electron chi connectivity index (χ1n) is 17.5. The van der Waals surface area contributed by atoms with Crippen molar-refractivity contribution in [3.8, 4) is 17.0 Å². The number of carbonyl (C=O) groups is 2. The predicted molar refractivity (Wildman–Crippen MR) is 193 cm³/mol. The van der Waals surface area contributed by atoms with Gasteiger partial charge in [0.1, 0.15) is 5.75 Å². The van der Waals surface area contributed by atoms with Gasteiger partial charge < -0.3 is 14.2 Å². The summed E-state index contributed by atoms with van der Waals surface area (Å²) >= 11 is 0. The molecule has 0 aliphatic carbocycles. The number of amides is 1. The van der Waals surface area contributed by atoms with Crippen molar-refractivity contribution in [2.24, 2.45) is 0 Å². The molecule has 0 spiro atoms. The molecule has 0 bridgehead atoms. The van der Waals surface area contributed by atoms with Crippen molar-refractivity contribution in [1.29, 1.82) is 0 Å². The molecule has 1 amide bonds. The van der Waals surface area contributed by atoms with Gasteiger partial charge in [-0.05, 0) is 102 Å². The van der Waals surface area contributed by atoms with Crippen LogP contribution in [0.1, 0.15) is 117 Å². The van der Waals surface area contributed by atoms with Crippen molar-refractivity contribution >= 4 is 34.2 Å². The second-order valence-electron chi connectivity index (χ2n) is 14.1. The minimum Gasteiger partial charge on any atom is -0.497 e. The van der Waals surface area contributed by atoms with Crippen LogP contribution in [0.15, 0.2) is 36.4 Å². The number of piperazine rings is 1. The number of ether oxygens (including phenoxy) is 1. The Hall–Kier alpha value is -4.24. The fourth-order valence-corrected chi connectivity index (χ4v) is 7.73. The third-order valence-electron chi connectivity index (χ3n) is 10.6. The monoisotopic (exact) mass is 650 g/mol. The van der Waals surface area contributed by atoms with Gasteiger partial charge in [0.15, 0.2) is 11.5 Å². The Labute approximate surface area is 284 Å². The molecule has 1 fully saturated rings. The lowest BCUT2D eigenvalue weighted by atomic mass is 9.87. The Morgan fingerprint density at radius 2 is 1.75 bits per heavy atom. The number of nitrogens with zero attached hydrogens (tertiary/aromatic N) is 6. The van der Waals surface area contributed by atoms with Gasteiger partial charge in [-0.1, -0.05) is 37.6 Å². The van der Waals surface area contributed by atoms with Gasteiger partial charge in [0.05, 0.1) is 25.0 Å². The van der Waals surface area contributed by atoms with Gasteiger partial charge in [-0.15, -0.1) is 5.10 Å². The molecule has 2 aliphatic rings. The van der Waals surface area contributed by atoms with Crippen LogP contribution in [0.2, 0.25) is 0 Å². The van der Waals surface area contributed by atoms with Crippen LogP contribution < -0.4 is 4.74 Å². The zero-order valence-corrected chi connectivity index (χ0v) is 30.0. The zero-order valence-electron chi connectivity index (χ0n) is 30.0. The van der Waals surface area contributed by atoms with Crippen LogP contribution in [0.3, 0.4) is 0 Å². The minimum atomic E-state index is -0.0918. The lowest BCUT2D eigenvalue weighted by Crippen LogP contribution is -2.56. The second kappa shape index (κ2) is 13.3. The molecule has 3 atom stereocenters. The van der Waals surface area contributed by atoms with Crippen LogP contribution >= 0.6 is 0 Å². The third kappa shape index (κ3) is 5.76. The van der Waals surface area contributed by atoms with Crippen molar-refractivity contribution in [1.82, 2.24) is 29.4 Å². The molecule has 2 aromatic heterocycles. The van der Waals surface area contributed by atoms with E-state index in [1.165, 1.54) is 10.9 Å². The fourth-order valence-electron chi connectivity index (χ4n) is 7.73. The van der Waals surface area contributed by atoms with Gasteiger partial charge in [0.25, 0.3) is 5.91 Å². The van der Waals surface area contributed by atoms with Crippen LogP contribution in [0.5, 0.6) is 5.75 Å². The highest BCUT2D eigenvalue weighted by Gasteiger charge is 2.35. The Morgan fingerprint density at radius 1 is 1.02 bits per heavy atom. The number of ketones is 1. The predicted octanol–water partition coefficient (Wildman–Crippen LogP) is 7.70. The van der Waals surface area contributed by atoms with E-state index >= 15 is 0 Å². The first-order valence-corrected chi connectivity index (χ1v) is 17.5. The minimum absolute atomic E-state index is 0.0249. The molecular formula is C39H50N6O3. The van der Waals surface area contributed by atoms with Crippen molar-refractivity contribution < 1.29 is 14.3 Å².